The van der Waals surface area contributed by atoms with Gasteiger partial charge in [0.2, 0.25) is 5.95 Å². The predicted molar refractivity (Wildman–Crippen MR) is 171 cm³/mol. The second kappa shape index (κ2) is 8.02. The molecule has 0 unspecified atom stereocenters. The molecule has 0 aliphatic carbocycles. The van der Waals surface area contributed by atoms with Crippen LogP contribution in [0, 0.1) is 0 Å². The van der Waals surface area contributed by atoms with Gasteiger partial charge >= 0.3 is 0 Å². The molecule has 41 heavy (non-hydrogen) atoms. The second-order valence-electron chi connectivity index (χ2n) is 11.4. The van der Waals surface area contributed by atoms with Crippen molar-refractivity contribution in [2.75, 3.05) is 0 Å². The Kier molecular flexibility index (Phi) is 4.46. The van der Waals surface area contributed by atoms with Gasteiger partial charge in [-0.3, -0.25) is 4.57 Å². The van der Waals surface area contributed by atoms with E-state index in [0.717, 1.165) is 60.7 Å². The van der Waals surface area contributed by atoms with Gasteiger partial charge in [-0.05, 0) is 40.2 Å². The number of furan rings is 1. The van der Waals surface area contributed by atoms with Gasteiger partial charge in [-0.2, -0.15) is 0 Å². The topological polar surface area (TPSA) is 43.9 Å². The highest BCUT2D eigenvalue weighted by Gasteiger charge is 2.41. The summed E-state index contributed by atoms with van der Waals surface area (Å²) in [5.74, 6) is 0.686. The zero-order valence-electron chi connectivity index (χ0n) is 22.7. The van der Waals surface area contributed by atoms with Crippen LogP contribution in [0.1, 0.15) is 0 Å². The lowest BCUT2D eigenvalue weighted by atomic mass is 10.1. The summed E-state index contributed by atoms with van der Waals surface area (Å²) in [7, 11) is -2.03. The van der Waals surface area contributed by atoms with E-state index in [9.17, 15) is 0 Å². The lowest BCUT2D eigenvalue weighted by Gasteiger charge is -2.21. The number of hydrogen-bond acceptors (Lipinski definition) is 3. The zero-order chi connectivity index (χ0) is 27.3. The predicted octanol–water partition coefficient (Wildman–Crippen LogP) is 7.94. The number of aromatic nitrogens is 3. The quantitative estimate of drug-likeness (QED) is 0.208. The highest BCUT2D eigenvalue weighted by Crippen LogP contribution is 2.41. The zero-order valence-corrected chi connectivity index (χ0v) is 23.7. The van der Waals surface area contributed by atoms with Gasteiger partial charge in [-0.15, -0.1) is 0 Å². The SMILES string of the molecule is C[Si]1(C)c2ccccc2-c2nc(-n3c4ccccc4c4c5oc6ccccc6c5ccc43)nc(-c3ccccc3)c21. The van der Waals surface area contributed by atoms with Crippen molar-refractivity contribution >= 4 is 62.2 Å². The fourth-order valence-corrected chi connectivity index (χ4v) is 10.2. The third-order valence-electron chi connectivity index (χ3n) is 8.81. The Bertz CT molecular complexity index is 2350. The molecular weight excluding hydrogens is 519 g/mol. The summed E-state index contributed by atoms with van der Waals surface area (Å²) in [4.78, 5) is 10.8. The van der Waals surface area contributed by atoms with Crippen LogP contribution in [0.2, 0.25) is 13.1 Å². The molecule has 0 amide bonds. The third-order valence-corrected chi connectivity index (χ3v) is 12.3. The maximum atomic E-state index is 6.52. The standard InChI is InChI=1S/C36H25N3OSi/c1-41(2)30-19-11-8-16-26(30)33-35(41)32(22-12-4-3-5-13-22)37-36(38-33)39-27-17-9-6-15-25(27)31-28(39)21-20-24-23-14-7-10-18-29(23)40-34(24)31/h3-21H,1-2H3. The largest absolute Gasteiger partial charge is 0.455 e. The van der Waals surface area contributed by atoms with Gasteiger partial charge < -0.3 is 4.42 Å². The van der Waals surface area contributed by atoms with Gasteiger partial charge in [-0.1, -0.05) is 104 Å². The molecule has 9 rings (SSSR count). The highest BCUT2D eigenvalue weighted by atomic mass is 28.3. The average molecular weight is 544 g/mol. The van der Waals surface area contributed by atoms with Crippen molar-refractivity contribution in [3.63, 3.8) is 0 Å². The normalized spacial score (nSPS) is 13.8. The average Bonchev–Trinajstić information content (AvgIpc) is 3.63. The molecule has 1 aliphatic heterocycles. The van der Waals surface area contributed by atoms with Crippen molar-refractivity contribution in [1.82, 2.24) is 14.5 Å². The van der Waals surface area contributed by atoms with Crippen molar-refractivity contribution in [2.24, 2.45) is 0 Å². The number of rotatable bonds is 2. The first-order valence-corrected chi connectivity index (χ1v) is 17.0. The lowest BCUT2D eigenvalue weighted by molar-refractivity contribution is 0.673. The monoisotopic (exact) mass is 543 g/mol. The van der Waals surface area contributed by atoms with Crippen LogP contribution in [0.3, 0.4) is 0 Å². The van der Waals surface area contributed by atoms with Crippen LogP contribution in [0.15, 0.2) is 120 Å². The summed E-state index contributed by atoms with van der Waals surface area (Å²) in [5.41, 5.74) is 8.38. The van der Waals surface area contributed by atoms with Crippen LogP contribution in [-0.2, 0) is 0 Å². The van der Waals surface area contributed by atoms with Crippen LogP contribution in [0.5, 0.6) is 0 Å². The van der Waals surface area contributed by atoms with Crippen LogP contribution in [0.25, 0.3) is 72.2 Å². The third kappa shape index (κ3) is 2.98. The summed E-state index contributed by atoms with van der Waals surface area (Å²) in [6.45, 7) is 4.85. The number of nitrogens with zero attached hydrogens (tertiary/aromatic N) is 3. The van der Waals surface area contributed by atoms with E-state index in [-0.39, 0.29) is 0 Å². The van der Waals surface area contributed by atoms with Gasteiger partial charge in [0, 0.05) is 21.7 Å². The van der Waals surface area contributed by atoms with Gasteiger partial charge in [0.15, 0.2) is 0 Å². The van der Waals surface area contributed by atoms with E-state index >= 15 is 0 Å². The first-order chi connectivity index (χ1) is 20.1. The van der Waals surface area contributed by atoms with Crippen molar-refractivity contribution in [3.8, 4) is 28.5 Å². The molecule has 0 N–H and O–H groups in total. The molecule has 4 nitrogen and oxygen atoms in total. The molecule has 0 spiro atoms. The number of benzene rings is 5. The second-order valence-corrected chi connectivity index (χ2v) is 15.7. The van der Waals surface area contributed by atoms with E-state index < -0.39 is 8.07 Å². The molecule has 0 radical (unpaired) electrons. The molecule has 0 bridgehead atoms. The van der Waals surface area contributed by atoms with E-state index in [1.807, 2.05) is 12.1 Å². The number of para-hydroxylation sites is 2. The van der Waals surface area contributed by atoms with Crippen molar-refractivity contribution in [1.29, 1.82) is 0 Å². The molecule has 5 aromatic carbocycles. The van der Waals surface area contributed by atoms with Crippen LogP contribution in [0.4, 0.5) is 0 Å². The van der Waals surface area contributed by atoms with Crippen molar-refractivity contribution < 1.29 is 4.42 Å². The van der Waals surface area contributed by atoms with Gasteiger partial charge in [0.05, 0.1) is 27.8 Å². The molecule has 8 aromatic rings. The van der Waals surface area contributed by atoms with Gasteiger partial charge in [0.1, 0.15) is 19.2 Å². The van der Waals surface area contributed by atoms with Crippen molar-refractivity contribution in [2.45, 2.75) is 13.1 Å². The first-order valence-electron chi connectivity index (χ1n) is 14.0. The van der Waals surface area contributed by atoms with Gasteiger partial charge in [-0.25, -0.2) is 9.97 Å². The van der Waals surface area contributed by atoms with E-state index in [1.165, 1.54) is 15.9 Å². The van der Waals surface area contributed by atoms with Crippen LogP contribution in [-0.4, -0.2) is 22.6 Å². The molecular formula is C36H25N3OSi. The molecule has 0 saturated carbocycles. The fraction of sp³-hybridized carbons (Fsp3) is 0.0556. The van der Waals surface area contributed by atoms with E-state index in [1.54, 1.807) is 0 Å². The lowest BCUT2D eigenvalue weighted by Crippen LogP contribution is -2.50. The Morgan fingerprint density at radius 2 is 1.32 bits per heavy atom. The van der Waals surface area contributed by atoms with Gasteiger partial charge in [0.25, 0.3) is 0 Å². The highest BCUT2D eigenvalue weighted by molar-refractivity contribution is 7.04. The molecule has 5 heteroatoms. The minimum absolute atomic E-state index is 0.686. The molecule has 0 fully saturated rings. The molecule has 194 valence electrons. The Labute approximate surface area is 237 Å². The number of hydrogen-bond donors (Lipinski definition) is 0. The maximum Gasteiger partial charge on any atom is 0.235 e. The Morgan fingerprint density at radius 3 is 2.20 bits per heavy atom. The Hall–Kier alpha value is -5.00. The summed E-state index contributed by atoms with van der Waals surface area (Å²) in [6, 6.07) is 40.6. The van der Waals surface area contributed by atoms with Crippen molar-refractivity contribution in [3.05, 3.63) is 115 Å². The van der Waals surface area contributed by atoms with E-state index in [4.69, 9.17) is 14.4 Å². The molecule has 0 saturated heterocycles. The molecule has 0 atom stereocenters. The summed E-state index contributed by atoms with van der Waals surface area (Å²) in [6.07, 6.45) is 0. The Morgan fingerprint density at radius 1 is 0.610 bits per heavy atom. The summed E-state index contributed by atoms with van der Waals surface area (Å²) in [5, 5.41) is 7.21. The number of fused-ring (bicyclic) bond motifs is 10. The minimum atomic E-state index is -2.03. The van der Waals surface area contributed by atoms with Crippen LogP contribution >= 0.6 is 0 Å². The molecule has 4 heterocycles. The van der Waals surface area contributed by atoms with Crippen LogP contribution < -0.4 is 10.4 Å². The first kappa shape index (κ1) is 22.8. The molecule has 3 aromatic heterocycles. The maximum absolute atomic E-state index is 6.52. The summed E-state index contributed by atoms with van der Waals surface area (Å²) < 4.78 is 8.74. The Balaban J connectivity index is 1.44. The smallest absolute Gasteiger partial charge is 0.235 e. The molecule has 1 aliphatic rings. The van der Waals surface area contributed by atoms with E-state index in [2.05, 4.69) is 121 Å². The summed E-state index contributed by atoms with van der Waals surface area (Å²) >= 11 is 0. The minimum Gasteiger partial charge on any atom is -0.455 e. The fourth-order valence-electron chi connectivity index (χ4n) is 6.96. The van der Waals surface area contributed by atoms with E-state index in [0.29, 0.717) is 5.95 Å².